The molecule has 2 aromatic rings. The Morgan fingerprint density at radius 3 is 2.85 bits per heavy atom. The van der Waals surface area contributed by atoms with Crippen LogP contribution in [0.5, 0.6) is 0 Å². The largest absolute Gasteiger partial charge is 0.385 e. The summed E-state index contributed by atoms with van der Waals surface area (Å²) in [6.45, 7) is 2.36. The number of aromatic nitrogens is 5. The van der Waals surface area contributed by atoms with E-state index in [4.69, 9.17) is 4.74 Å². The molecule has 0 aliphatic rings. The van der Waals surface area contributed by atoms with Crippen LogP contribution in [0, 0.1) is 5.92 Å². The number of amides is 1. The molecule has 1 amide bonds. The van der Waals surface area contributed by atoms with Crippen LogP contribution in [-0.2, 0) is 9.53 Å². The number of nitrogens with one attached hydrogen (secondary N) is 1. The first kappa shape index (κ1) is 14.1. The molecule has 8 heteroatoms. The zero-order chi connectivity index (χ0) is 14.4. The minimum absolute atomic E-state index is 0.146. The Kier molecular flexibility index (Phi) is 4.72. The first-order valence-corrected chi connectivity index (χ1v) is 6.19. The number of anilines is 1. The van der Waals surface area contributed by atoms with Crippen molar-refractivity contribution in [1.29, 1.82) is 0 Å². The summed E-state index contributed by atoms with van der Waals surface area (Å²) in [6, 6.07) is 1.70. The van der Waals surface area contributed by atoms with E-state index in [1.807, 2.05) is 6.92 Å². The Morgan fingerprint density at radius 1 is 1.40 bits per heavy atom. The maximum Gasteiger partial charge on any atom is 0.253 e. The van der Waals surface area contributed by atoms with Crippen LogP contribution < -0.4 is 5.32 Å². The lowest BCUT2D eigenvalue weighted by Crippen LogP contribution is -2.23. The first-order chi connectivity index (χ1) is 9.72. The van der Waals surface area contributed by atoms with Crippen molar-refractivity contribution in [2.75, 3.05) is 19.0 Å². The van der Waals surface area contributed by atoms with Crippen molar-refractivity contribution in [2.45, 2.75) is 13.3 Å². The number of rotatable bonds is 6. The van der Waals surface area contributed by atoms with Gasteiger partial charge in [-0.25, -0.2) is 9.97 Å². The van der Waals surface area contributed by atoms with Gasteiger partial charge in [0.05, 0.1) is 0 Å². The summed E-state index contributed by atoms with van der Waals surface area (Å²) in [5, 5.41) is 6.71. The highest BCUT2D eigenvalue weighted by molar-refractivity contribution is 5.90. The molecule has 2 rings (SSSR count). The Bertz CT molecular complexity index is 556. The SMILES string of the molecule is COCCC(C)C(=O)Nc1ncnn1-c1ncccn1. The summed E-state index contributed by atoms with van der Waals surface area (Å²) in [5.74, 6) is 0.319. The van der Waals surface area contributed by atoms with Gasteiger partial charge in [-0.15, -0.1) is 0 Å². The third-order valence-corrected chi connectivity index (χ3v) is 2.73. The molecule has 1 unspecified atom stereocenters. The van der Waals surface area contributed by atoms with Crippen molar-refractivity contribution in [3.8, 4) is 5.95 Å². The van der Waals surface area contributed by atoms with Crippen LogP contribution in [0.2, 0.25) is 0 Å². The van der Waals surface area contributed by atoms with Crippen molar-refractivity contribution < 1.29 is 9.53 Å². The second-order valence-electron chi connectivity index (χ2n) is 4.22. The van der Waals surface area contributed by atoms with E-state index < -0.39 is 0 Å². The van der Waals surface area contributed by atoms with Crippen molar-refractivity contribution in [3.63, 3.8) is 0 Å². The maximum absolute atomic E-state index is 12.0. The zero-order valence-corrected chi connectivity index (χ0v) is 11.4. The van der Waals surface area contributed by atoms with E-state index in [0.29, 0.717) is 24.9 Å². The van der Waals surface area contributed by atoms with Gasteiger partial charge in [-0.1, -0.05) is 6.92 Å². The summed E-state index contributed by atoms with van der Waals surface area (Å²) >= 11 is 0. The highest BCUT2D eigenvalue weighted by atomic mass is 16.5. The number of carbonyl (C=O) groups excluding carboxylic acids is 1. The highest BCUT2D eigenvalue weighted by Gasteiger charge is 2.16. The summed E-state index contributed by atoms with van der Waals surface area (Å²) in [5.41, 5.74) is 0. The second kappa shape index (κ2) is 6.71. The summed E-state index contributed by atoms with van der Waals surface area (Å²) in [7, 11) is 1.61. The van der Waals surface area contributed by atoms with Gasteiger partial charge in [-0.2, -0.15) is 14.8 Å². The Balaban J connectivity index is 2.08. The fraction of sp³-hybridized carbons (Fsp3) is 0.417. The van der Waals surface area contributed by atoms with Gasteiger partial charge < -0.3 is 4.74 Å². The molecule has 0 fully saturated rings. The van der Waals surface area contributed by atoms with Crippen LogP contribution >= 0.6 is 0 Å². The Hall–Kier alpha value is -2.35. The fourth-order valence-corrected chi connectivity index (χ4v) is 1.53. The van der Waals surface area contributed by atoms with E-state index in [0.717, 1.165) is 0 Å². The quantitative estimate of drug-likeness (QED) is 0.833. The lowest BCUT2D eigenvalue weighted by atomic mass is 10.1. The lowest BCUT2D eigenvalue weighted by molar-refractivity contribution is -0.119. The van der Waals surface area contributed by atoms with Crippen molar-refractivity contribution in [1.82, 2.24) is 24.7 Å². The molecule has 2 aromatic heterocycles. The van der Waals surface area contributed by atoms with Gasteiger partial charge in [-0.05, 0) is 12.5 Å². The molecule has 8 nitrogen and oxygen atoms in total. The minimum Gasteiger partial charge on any atom is -0.385 e. The van der Waals surface area contributed by atoms with Crippen molar-refractivity contribution in [2.24, 2.45) is 5.92 Å². The van der Waals surface area contributed by atoms with E-state index in [2.05, 4.69) is 25.4 Å². The van der Waals surface area contributed by atoms with Gasteiger partial charge in [0.15, 0.2) is 0 Å². The monoisotopic (exact) mass is 276 g/mol. The first-order valence-electron chi connectivity index (χ1n) is 6.19. The van der Waals surface area contributed by atoms with E-state index in [9.17, 15) is 4.79 Å². The molecule has 0 aliphatic heterocycles. The van der Waals surface area contributed by atoms with Crippen molar-refractivity contribution >= 4 is 11.9 Å². The second-order valence-corrected chi connectivity index (χ2v) is 4.22. The molecule has 106 valence electrons. The molecule has 2 heterocycles. The van der Waals surface area contributed by atoms with E-state index in [-0.39, 0.29) is 11.8 Å². The molecule has 0 saturated heterocycles. The van der Waals surface area contributed by atoms with E-state index in [1.165, 1.54) is 11.0 Å². The van der Waals surface area contributed by atoms with Gasteiger partial charge in [0, 0.05) is 32.0 Å². The maximum atomic E-state index is 12.0. The average molecular weight is 276 g/mol. The molecule has 0 bridgehead atoms. The van der Waals surface area contributed by atoms with Gasteiger partial charge >= 0.3 is 0 Å². The topological polar surface area (TPSA) is 94.8 Å². The third kappa shape index (κ3) is 3.35. The molecular weight excluding hydrogens is 260 g/mol. The van der Waals surface area contributed by atoms with Gasteiger partial charge in [-0.3, -0.25) is 10.1 Å². The van der Waals surface area contributed by atoms with Gasteiger partial charge in [0.1, 0.15) is 6.33 Å². The number of hydrogen-bond acceptors (Lipinski definition) is 6. The summed E-state index contributed by atoms with van der Waals surface area (Å²) < 4.78 is 6.33. The molecule has 0 saturated carbocycles. The number of ether oxygens (including phenoxy) is 1. The van der Waals surface area contributed by atoms with E-state index >= 15 is 0 Å². The molecule has 0 radical (unpaired) electrons. The standard InChI is InChI=1S/C12H16N6O2/c1-9(4-7-20-2)10(19)17-12-15-8-16-18(12)11-13-5-3-6-14-11/h3,5-6,8-9H,4,7H2,1-2H3,(H,15,16,17,19). The zero-order valence-electron chi connectivity index (χ0n) is 11.4. The van der Waals surface area contributed by atoms with Crippen LogP contribution in [0.4, 0.5) is 5.95 Å². The Morgan fingerprint density at radius 2 is 2.15 bits per heavy atom. The minimum atomic E-state index is -0.184. The smallest absolute Gasteiger partial charge is 0.253 e. The molecule has 1 N–H and O–H groups in total. The average Bonchev–Trinajstić information content (AvgIpc) is 2.93. The fourth-order valence-electron chi connectivity index (χ4n) is 1.53. The molecule has 20 heavy (non-hydrogen) atoms. The van der Waals surface area contributed by atoms with Crippen LogP contribution in [0.1, 0.15) is 13.3 Å². The molecule has 0 aromatic carbocycles. The van der Waals surface area contributed by atoms with Crippen LogP contribution in [0.15, 0.2) is 24.8 Å². The van der Waals surface area contributed by atoms with Crippen LogP contribution in [-0.4, -0.2) is 44.4 Å². The molecule has 1 atom stereocenters. The predicted octanol–water partition coefficient (Wildman–Crippen LogP) is 0.668. The number of carbonyl (C=O) groups is 1. The van der Waals surface area contributed by atoms with Gasteiger partial charge in [0.25, 0.3) is 5.95 Å². The lowest BCUT2D eigenvalue weighted by Gasteiger charge is -2.11. The Labute approximate surface area is 116 Å². The number of hydrogen-bond donors (Lipinski definition) is 1. The number of nitrogens with zero attached hydrogens (tertiary/aromatic N) is 5. The predicted molar refractivity (Wildman–Crippen MR) is 71.2 cm³/mol. The van der Waals surface area contributed by atoms with Crippen molar-refractivity contribution in [3.05, 3.63) is 24.8 Å². The van der Waals surface area contributed by atoms with Gasteiger partial charge in [0.2, 0.25) is 11.9 Å². The molecular formula is C12H16N6O2. The van der Waals surface area contributed by atoms with Crippen LogP contribution in [0.25, 0.3) is 5.95 Å². The highest BCUT2D eigenvalue weighted by Crippen LogP contribution is 2.10. The normalized spacial score (nSPS) is 12.1. The third-order valence-electron chi connectivity index (χ3n) is 2.73. The molecule has 0 aliphatic carbocycles. The van der Waals surface area contributed by atoms with Crippen LogP contribution in [0.3, 0.4) is 0 Å². The summed E-state index contributed by atoms with van der Waals surface area (Å²) in [4.78, 5) is 24.1. The van der Waals surface area contributed by atoms with E-state index in [1.54, 1.807) is 25.6 Å². The number of methoxy groups -OCH3 is 1. The summed E-state index contributed by atoms with van der Waals surface area (Å²) in [6.07, 6.45) is 5.16. The molecule has 0 spiro atoms.